The van der Waals surface area contributed by atoms with Gasteiger partial charge in [-0.3, -0.25) is 15.1 Å². The van der Waals surface area contributed by atoms with Crippen molar-refractivity contribution in [1.82, 2.24) is 10.6 Å². The summed E-state index contributed by atoms with van der Waals surface area (Å²) in [5.74, 6) is 1.28. The second-order valence-electron chi connectivity index (χ2n) is 6.66. The summed E-state index contributed by atoms with van der Waals surface area (Å²) in [5.41, 5.74) is -0.453. The largest absolute Gasteiger partial charge is 0.341 e. The van der Waals surface area contributed by atoms with E-state index in [0.717, 1.165) is 25.8 Å². The standard InChI is InChI=1S/C14H25N3O/c1-10(2)9-15-12-16-11(18)14(17-12)8-6-5-7-13(14,3)4/h10H,5-9H2,1-4H3,(H2,15,16,17,18). The Kier molecular flexibility index (Phi) is 3.39. The SMILES string of the molecule is CC(C)CN=C1NC(=O)C2(CCCCC2(C)C)N1. The van der Waals surface area contributed by atoms with Crippen LogP contribution in [0.1, 0.15) is 53.4 Å². The third kappa shape index (κ3) is 2.13. The Labute approximate surface area is 110 Å². The van der Waals surface area contributed by atoms with E-state index >= 15 is 0 Å². The first kappa shape index (κ1) is 13.4. The van der Waals surface area contributed by atoms with Gasteiger partial charge < -0.3 is 5.32 Å². The predicted octanol–water partition coefficient (Wildman–Crippen LogP) is 2.06. The van der Waals surface area contributed by atoms with E-state index in [-0.39, 0.29) is 11.3 Å². The molecule has 1 spiro atoms. The molecular formula is C14H25N3O. The Bertz CT molecular complexity index is 373. The van der Waals surface area contributed by atoms with Gasteiger partial charge in [-0.2, -0.15) is 0 Å². The molecule has 4 heteroatoms. The zero-order valence-electron chi connectivity index (χ0n) is 12.0. The summed E-state index contributed by atoms with van der Waals surface area (Å²) in [6.07, 6.45) is 4.32. The fraction of sp³-hybridized carbons (Fsp3) is 0.857. The van der Waals surface area contributed by atoms with E-state index in [2.05, 4.69) is 43.3 Å². The highest BCUT2D eigenvalue weighted by molar-refractivity contribution is 6.09. The van der Waals surface area contributed by atoms with Gasteiger partial charge >= 0.3 is 0 Å². The van der Waals surface area contributed by atoms with E-state index in [4.69, 9.17) is 0 Å². The highest BCUT2D eigenvalue weighted by Crippen LogP contribution is 2.45. The van der Waals surface area contributed by atoms with Crippen LogP contribution in [0.5, 0.6) is 0 Å². The van der Waals surface area contributed by atoms with Crippen molar-refractivity contribution >= 4 is 11.9 Å². The number of aliphatic imine (C=N–C) groups is 1. The third-order valence-corrected chi connectivity index (χ3v) is 4.32. The molecule has 1 saturated carbocycles. The lowest BCUT2D eigenvalue weighted by molar-refractivity contribution is -0.130. The Hall–Kier alpha value is -1.06. The number of guanidine groups is 1. The Morgan fingerprint density at radius 3 is 2.56 bits per heavy atom. The number of nitrogens with zero attached hydrogens (tertiary/aromatic N) is 1. The maximum absolute atomic E-state index is 12.4. The minimum absolute atomic E-state index is 0.00949. The molecule has 1 heterocycles. The summed E-state index contributed by atoms with van der Waals surface area (Å²) in [7, 11) is 0. The van der Waals surface area contributed by atoms with Crippen LogP contribution in [0.15, 0.2) is 4.99 Å². The molecule has 0 aromatic heterocycles. The van der Waals surface area contributed by atoms with Gasteiger partial charge in [0.25, 0.3) is 5.91 Å². The molecule has 4 nitrogen and oxygen atoms in total. The molecule has 1 aliphatic heterocycles. The van der Waals surface area contributed by atoms with Crippen molar-refractivity contribution in [2.24, 2.45) is 16.3 Å². The van der Waals surface area contributed by atoms with Crippen molar-refractivity contribution < 1.29 is 4.79 Å². The third-order valence-electron chi connectivity index (χ3n) is 4.32. The van der Waals surface area contributed by atoms with Gasteiger partial charge in [-0.1, -0.05) is 40.5 Å². The molecule has 1 amide bonds. The quantitative estimate of drug-likeness (QED) is 0.789. The molecule has 2 N–H and O–H groups in total. The lowest BCUT2D eigenvalue weighted by Gasteiger charge is -2.45. The van der Waals surface area contributed by atoms with Crippen LogP contribution in [0.2, 0.25) is 0 Å². The molecule has 2 fully saturated rings. The molecular weight excluding hydrogens is 226 g/mol. The lowest BCUT2D eigenvalue weighted by Crippen LogP contribution is -2.59. The van der Waals surface area contributed by atoms with E-state index in [0.29, 0.717) is 11.9 Å². The predicted molar refractivity (Wildman–Crippen MR) is 73.4 cm³/mol. The summed E-state index contributed by atoms with van der Waals surface area (Å²) < 4.78 is 0. The van der Waals surface area contributed by atoms with Gasteiger partial charge in [0, 0.05) is 6.54 Å². The fourth-order valence-electron chi connectivity index (χ4n) is 3.02. The van der Waals surface area contributed by atoms with Gasteiger partial charge in [0.1, 0.15) is 5.54 Å². The molecule has 18 heavy (non-hydrogen) atoms. The summed E-state index contributed by atoms with van der Waals surface area (Å²) in [5, 5.41) is 6.32. The average Bonchev–Trinajstić information content (AvgIpc) is 2.59. The van der Waals surface area contributed by atoms with Crippen LogP contribution in [0.25, 0.3) is 0 Å². The topological polar surface area (TPSA) is 53.5 Å². The minimum Gasteiger partial charge on any atom is -0.341 e. The Morgan fingerprint density at radius 2 is 1.94 bits per heavy atom. The van der Waals surface area contributed by atoms with E-state index in [1.54, 1.807) is 0 Å². The first-order valence-corrected chi connectivity index (χ1v) is 7.01. The average molecular weight is 251 g/mol. The van der Waals surface area contributed by atoms with Gasteiger partial charge in [0.05, 0.1) is 0 Å². The molecule has 1 unspecified atom stereocenters. The molecule has 2 aliphatic rings. The van der Waals surface area contributed by atoms with Crippen LogP contribution in [0.3, 0.4) is 0 Å². The summed E-state index contributed by atoms with van der Waals surface area (Å²) in [6, 6.07) is 0. The fourth-order valence-corrected chi connectivity index (χ4v) is 3.02. The van der Waals surface area contributed by atoms with Crippen molar-refractivity contribution in [1.29, 1.82) is 0 Å². The van der Waals surface area contributed by atoms with Gasteiger partial charge in [-0.05, 0) is 24.2 Å². The maximum atomic E-state index is 12.4. The zero-order valence-corrected chi connectivity index (χ0v) is 12.0. The van der Waals surface area contributed by atoms with Crippen molar-refractivity contribution in [3.63, 3.8) is 0 Å². The number of carbonyl (C=O) groups is 1. The van der Waals surface area contributed by atoms with E-state index in [1.165, 1.54) is 6.42 Å². The van der Waals surface area contributed by atoms with Crippen molar-refractivity contribution in [3.8, 4) is 0 Å². The van der Waals surface area contributed by atoms with Crippen molar-refractivity contribution in [2.45, 2.75) is 58.9 Å². The number of amides is 1. The molecule has 2 rings (SSSR count). The second-order valence-corrected chi connectivity index (χ2v) is 6.66. The minimum atomic E-state index is -0.443. The van der Waals surface area contributed by atoms with Crippen molar-refractivity contribution in [2.75, 3.05) is 6.54 Å². The molecule has 1 saturated heterocycles. The molecule has 0 aromatic rings. The van der Waals surface area contributed by atoms with E-state index in [1.807, 2.05) is 0 Å². The zero-order chi connectivity index (χ0) is 13.4. The Morgan fingerprint density at radius 1 is 1.28 bits per heavy atom. The maximum Gasteiger partial charge on any atom is 0.252 e. The number of rotatable bonds is 2. The number of hydrogen-bond acceptors (Lipinski definition) is 2. The second kappa shape index (κ2) is 4.56. The smallest absolute Gasteiger partial charge is 0.252 e. The van der Waals surface area contributed by atoms with Crippen LogP contribution in [-0.4, -0.2) is 24.0 Å². The van der Waals surface area contributed by atoms with Crippen LogP contribution in [-0.2, 0) is 4.79 Å². The first-order valence-electron chi connectivity index (χ1n) is 7.01. The lowest BCUT2D eigenvalue weighted by atomic mass is 9.63. The van der Waals surface area contributed by atoms with Crippen LogP contribution in [0.4, 0.5) is 0 Å². The van der Waals surface area contributed by atoms with E-state index in [9.17, 15) is 4.79 Å². The summed E-state index contributed by atoms with van der Waals surface area (Å²) in [6.45, 7) is 9.37. The molecule has 0 radical (unpaired) electrons. The monoisotopic (exact) mass is 251 g/mol. The number of hydrogen-bond donors (Lipinski definition) is 2. The summed E-state index contributed by atoms with van der Waals surface area (Å²) in [4.78, 5) is 16.8. The highest BCUT2D eigenvalue weighted by atomic mass is 16.2. The first-order chi connectivity index (χ1) is 8.37. The van der Waals surface area contributed by atoms with Gasteiger partial charge in [-0.15, -0.1) is 0 Å². The van der Waals surface area contributed by atoms with Crippen LogP contribution in [0, 0.1) is 11.3 Å². The van der Waals surface area contributed by atoms with Crippen LogP contribution < -0.4 is 10.6 Å². The van der Waals surface area contributed by atoms with Gasteiger partial charge in [0.2, 0.25) is 0 Å². The molecule has 1 atom stereocenters. The number of nitrogens with one attached hydrogen (secondary N) is 2. The molecule has 102 valence electrons. The molecule has 0 bridgehead atoms. The Balaban J connectivity index is 2.19. The molecule has 1 aliphatic carbocycles. The van der Waals surface area contributed by atoms with E-state index < -0.39 is 5.54 Å². The molecule has 0 aromatic carbocycles. The van der Waals surface area contributed by atoms with Crippen molar-refractivity contribution in [3.05, 3.63) is 0 Å². The number of carbonyl (C=O) groups excluding carboxylic acids is 1. The van der Waals surface area contributed by atoms with Gasteiger partial charge in [-0.25, -0.2) is 0 Å². The van der Waals surface area contributed by atoms with Crippen LogP contribution >= 0.6 is 0 Å². The normalized spacial score (nSPS) is 32.9. The highest BCUT2D eigenvalue weighted by Gasteiger charge is 2.56. The summed E-state index contributed by atoms with van der Waals surface area (Å²) >= 11 is 0. The van der Waals surface area contributed by atoms with Gasteiger partial charge in [0.15, 0.2) is 5.96 Å².